The van der Waals surface area contributed by atoms with Gasteiger partial charge in [0.05, 0.1) is 28.8 Å². The minimum atomic E-state index is -0.391. The second-order valence-corrected chi connectivity index (χ2v) is 9.34. The Morgan fingerprint density at radius 2 is 2.07 bits per heavy atom. The summed E-state index contributed by atoms with van der Waals surface area (Å²) in [7, 11) is 0. The summed E-state index contributed by atoms with van der Waals surface area (Å²) in [5.74, 6) is 1.06. The van der Waals surface area contributed by atoms with Crippen LogP contribution in [0.4, 0.5) is 0 Å². The third kappa shape index (κ3) is 4.60. The maximum atomic E-state index is 12.7. The molecule has 2 fully saturated rings. The van der Waals surface area contributed by atoms with Crippen molar-refractivity contribution in [1.82, 2.24) is 14.9 Å². The molecule has 1 aromatic heterocycles. The number of aromatic nitrogens is 2. The van der Waals surface area contributed by atoms with Crippen LogP contribution in [0.1, 0.15) is 44.6 Å². The van der Waals surface area contributed by atoms with E-state index < -0.39 is 5.41 Å². The van der Waals surface area contributed by atoms with Crippen molar-refractivity contribution in [2.45, 2.75) is 51.1 Å². The van der Waals surface area contributed by atoms with Gasteiger partial charge >= 0.3 is 5.97 Å². The quantitative estimate of drug-likeness (QED) is 0.548. The SMILES string of the molecule is CCOC(=O)C1(CC2CC2)CCN(C(=O)CSc2nc3ccc(C)cc3[nH]2)CC1. The number of aromatic amines is 1. The molecule has 156 valence electrons. The molecular formula is C22H29N3O3S. The molecule has 0 unspecified atom stereocenters. The van der Waals surface area contributed by atoms with Gasteiger partial charge in [-0.25, -0.2) is 4.98 Å². The molecule has 2 aliphatic rings. The number of H-pyrrole nitrogens is 1. The van der Waals surface area contributed by atoms with Crippen LogP contribution < -0.4 is 0 Å². The molecule has 29 heavy (non-hydrogen) atoms. The van der Waals surface area contributed by atoms with Crippen LogP contribution in [-0.4, -0.2) is 52.2 Å². The number of carbonyl (C=O) groups excluding carboxylic acids is 2. The Morgan fingerprint density at radius 1 is 1.31 bits per heavy atom. The van der Waals surface area contributed by atoms with E-state index in [0.717, 1.165) is 22.6 Å². The number of likely N-dealkylation sites (tertiary alicyclic amines) is 1. The molecule has 0 atom stereocenters. The molecule has 1 amide bonds. The molecule has 0 bridgehead atoms. The second kappa shape index (κ2) is 8.38. The van der Waals surface area contributed by atoms with E-state index in [1.165, 1.54) is 30.2 Å². The highest BCUT2D eigenvalue weighted by molar-refractivity contribution is 7.99. The van der Waals surface area contributed by atoms with Crippen LogP contribution in [0.2, 0.25) is 0 Å². The molecule has 1 saturated carbocycles. The number of nitrogens with one attached hydrogen (secondary N) is 1. The van der Waals surface area contributed by atoms with Crippen molar-refractivity contribution in [3.63, 3.8) is 0 Å². The lowest BCUT2D eigenvalue weighted by Crippen LogP contribution is -2.48. The molecule has 2 heterocycles. The van der Waals surface area contributed by atoms with E-state index in [-0.39, 0.29) is 11.9 Å². The van der Waals surface area contributed by atoms with Crippen LogP contribution in [0.25, 0.3) is 11.0 Å². The van der Waals surface area contributed by atoms with Crippen molar-refractivity contribution in [2.24, 2.45) is 11.3 Å². The van der Waals surface area contributed by atoms with Crippen LogP contribution >= 0.6 is 11.8 Å². The molecule has 1 aliphatic heterocycles. The first-order chi connectivity index (χ1) is 14.0. The number of hydrogen-bond acceptors (Lipinski definition) is 5. The summed E-state index contributed by atoms with van der Waals surface area (Å²) in [6.07, 6.45) is 4.78. The Bertz CT molecular complexity index is 898. The smallest absolute Gasteiger partial charge is 0.312 e. The number of imidazole rings is 1. The average molecular weight is 416 g/mol. The molecule has 2 aromatic rings. The van der Waals surface area contributed by atoms with Crippen LogP contribution in [0, 0.1) is 18.3 Å². The fraction of sp³-hybridized carbons (Fsp3) is 0.591. The Morgan fingerprint density at radius 3 is 2.76 bits per heavy atom. The van der Waals surface area contributed by atoms with Gasteiger partial charge in [0.15, 0.2) is 5.16 Å². The highest BCUT2D eigenvalue weighted by Crippen LogP contribution is 2.46. The van der Waals surface area contributed by atoms with Crippen LogP contribution in [0.3, 0.4) is 0 Å². The molecule has 1 saturated heterocycles. The molecule has 0 spiro atoms. The van der Waals surface area contributed by atoms with Crippen molar-refractivity contribution in [2.75, 3.05) is 25.4 Å². The molecule has 0 radical (unpaired) electrons. The zero-order valence-electron chi connectivity index (χ0n) is 17.2. The van der Waals surface area contributed by atoms with Gasteiger partial charge in [0.1, 0.15) is 0 Å². The lowest BCUT2D eigenvalue weighted by Gasteiger charge is -2.40. The molecule has 4 rings (SSSR count). The monoisotopic (exact) mass is 415 g/mol. The topological polar surface area (TPSA) is 75.3 Å². The van der Waals surface area contributed by atoms with Gasteiger partial charge in [0.25, 0.3) is 0 Å². The van der Waals surface area contributed by atoms with Gasteiger partial charge in [-0.2, -0.15) is 0 Å². The van der Waals surface area contributed by atoms with Crippen molar-refractivity contribution in [3.8, 4) is 0 Å². The van der Waals surface area contributed by atoms with E-state index in [2.05, 4.69) is 16.0 Å². The number of rotatable bonds is 7. The number of hydrogen-bond donors (Lipinski definition) is 1. The summed E-state index contributed by atoms with van der Waals surface area (Å²) in [5, 5.41) is 0.769. The summed E-state index contributed by atoms with van der Waals surface area (Å²) in [4.78, 5) is 35.1. The lowest BCUT2D eigenvalue weighted by atomic mass is 9.74. The van der Waals surface area contributed by atoms with Gasteiger partial charge in [-0.3, -0.25) is 9.59 Å². The van der Waals surface area contributed by atoms with Crippen molar-refractivity contribution in [3.05, 3.63) is 23.8 Å². The Balaban J connectivity index is 1.33. The van der Waals surface area contributed by atoms with Crippen molar-refractivity contribution in [1.29, 1.82) is 0 Å². The Hall–Kier alpha value is -2.02. The number of amides is 1. The summed E-state index contributed by atoms with van der Waals surface area (Å²) < 4.78 is 5.39. The second-order valence-electron chi connectivity index (χ2n) is 8.38. The van der Waals surface area contributed by atoms with E-state index in [9.17, 15) is 9.59 Å². The molecule has 1 aromatic carbocycles. The van der Waals surface area contributed by atoms with E-state index in [1.54, 1.807) is 0 Å². The number of thioether (sulfide) groups is 1. The van der Waals surface area contributed by atoms with Crippen LogP contribution in [0.15, 0.2) is 23.4 Å². The van der Waals surface area contributed by atoms with Gasteiger partial charge in [-0.1, -0.05) is 30.7 Å². The number of ether oxygens (including phenoxy) is 1. The normalized spacial score (nSPS) is 18.8. The number of fused-ring (bicyclic) bond motifs is 1. The first-order valence-electron chi connectivity index (χ1n) is 10.5. The van der Waals surface area contributed by atoms with Crippen molar-refractivity contribution < 1.29 is 14.3 Å². The lowest BCUT2D eigenvalue weighted by molar-refractivity contribution is -0.161. The zero-order valence-corrected chi connectivity index (χ0v) is 18.0. The molecule has 1 N–H and O–H groups in total. The zero-order chi connectivity index (χ0) is 20.4. The Kier molecular flexibility index (Phi) is 5.86. The largest absolute Gasteiger partial charge is 0.466 e. The van der Waals surface area contributed by atoms with Crippen LogP contribution in [-0.2, 0) is 14.3 Å². The minimum Gasteiger partial charge on any atom is -0.466 e. The Labute approximate surface area is 175 Å². The van der Waals surface area contributed by atoms with Gasteiger partial charge < -0.3 is 14.6 Å². The summed E-state index contributed by atoms with van der Waals surface area (Å²) in [6.45, 7) is 5.58. The number of benzene rings is 1. The van der Waals surface area contributed by atoms with E-state index in [1.807, 2.05) is 30.9 Å². The van der Waals surface area contributed by atoms with Gasteiger partial charge in [-0.05, 0) is 56.7 Å². The molecule has 7 heteroatoms. The van der Waals surface area contributed by atoms with Gasteiger partial charge in [0.2, 0.25) is 5.91 Å². The standard InChI is InChI=1S/C22H29N3O3S/c1-3-28-20(27)22(13-16-5-6-16)8-10-25(11-9-22)19(26)14-29-21-23-17-7-4-15(2)12-18(17)24-21/h4,7,12,16H,3,5-6,8-11,13-14H2,1-2H3,(H,23,24). The van der Waals surface area contributed by atoms with Crippen molar-refractivity contribution >= 4 is 34.7 Å². The summed E-state index contributed by atoms with van der Waals surface area (Å²) in [6, 6.07) is 6.09. The van der Waals surface area contributed by atoms with Gasteiger partial charge in [-0.15, -0.1) is 0 Å². The predicted octanol–water partition coefficient (Wildman–Crippen LogP) is 3.94. The maximum absolute atomic E-state index is 12.7. The number of carbonyl (C=O) groups is 2. The first-order valence-corrected chi connectivity index (χ1v) is 11.5. The first kappa shape index (κ1) is 20.3. The maximum Gasteiger partial charge on any atom is 0.312 e. The molecule has 6 nitrogen and oxygen atoms in total. The third-order valence-electron chi connectivity index (χ3n) is 6.11. The van der Waals surface area contributed by atoms with Gasteiger partial charge in [0, 0.05) is 13.1 Å². The fourth-order valence-corrected chi connectivity index (χ4v) is 5.01. The third-order valence-corrected chi connectivity index (χ3v) is 6.96. The number of nitrogens with zero attached hydrogens (tertiary/aromatic N) is 2. The predicted molar refractivity (Wildman–Crippen MR) is 114 cm³/mol. The van der Waals surface area contributed by atoms with E-state index >= 15 is 0 Å². The summed E-state index contributed by atoms with van der Waals surface area (Å²) in [5.41, 5.74) is 2.70. The average Bonchev–Trinajstić information content (AvgIpc) is 3.43. The minimum absolute atomic E-state index is 0.0639. The molecule has 1 aliphatic carbocycles. The van der Waals surface area contributed by atoms with Crippen LogP contribution in [0.5, 0.6) is 0 Å². The number of aryl methyl sites for hydroxylation is 1. The number of esters is 1. The van der Waals surface area contributed by atoms with E-state index in [0.29, 0.717) is 44.2 Å². The van der Waals surface area contributed by atoms with E-state index in [4.69, 9.17) is 4.74 Å². The fourth-order valence-electron chi connectivity index (χ4n) is 4.22. The highest BCUT2D eigenvalue weighted by Gasteiger charge is 2.46. The number of piperidine rings is 1. The highest BCUT2D eigenvalue weighted by atomic mass is 32.2. The molecular weight excluding hydrogens is 386 g/mol. The summed E-state index contributed by atoms with van der Waals surface area (Å²) >= 11 is 1.44.